The molecule has 4 rings (SSSR count). The Hall–Kier alpha value is -2.60. The quantitative estimate of drug-likeness (QED) is 0.623. The Kier molecular flexibility index (Phi) is 5.21. The summed E-state index contributed by atoms with van der Waals surface area (Å²) in [5.74, 6) is 0.554. The van der Waals surface area contributed by atoms with Crippen LogP contribution < -0.4 is 11.1 Å². The van der Waals surface area contributed by atoms with E-state index in [-0.39, 0.29) is 0 Å². The molecule has 1 amide bonds. The van der Waals surface area contributed by atoms with Crippen molar-refractivity contribution in [3.63, 3.8) is 0 Å². The van der Waals surface area contributed by atoms with Crippen LogP contribution in [-0.4, -0.2) is 26.5 Å². The number of nitrogens with zero attached hydrogens (tertiary/aromatic N) is 3. The lowest BCUT2D eigenvalue weighted by Crippen LogP contribution is -2.21. The summed E-state index contributed by atoms with van der Waals surface area (Å²) in [4.78, 5) is 16.5. The topological polar surface area (TPSA) is 85.3 Å². The van der Waals surface area contributed by atoms with E-state index < -0.39 is 5.91 Å². The van der Waals surface area contributed by atoms with E-state index in [0.29, 0.717) is 16.6 Å². The van der Waals surface area contributed by atoms with Crippen molar-refractivity contribution < 1.29 is 4.79 Å². The van der Waals surface area contributed by atoms with Crippen LogP contribution in [0.5, 0.6) is 0 Å². The maximum Gasteiger partial charge on any atom is 0.248 e. The number of hydrogen-bond donors (Lipinski definition) is 2. The average Bonchev–Trinajstić information content (AvgIpc) is 3.29. The van der Waals surface area contributed by atoms with Crippen molar-refractivity contribution in [3.8, 4) is 11.1 Å². The second-order valence-electron chi connectivity index (χ2n) is 7.65. The number of nitrogens with two attached hydrogens (primary N) is 1. The summed E-state index contributed by atoms with van der Waals surface area (Å²) in [5, 5.41) is 9.02. The molecule has 1 aromatic carbocycles. The van der Waals surface area contributed by atoms with E-state index in [0.717, 1.165) is 66.1 Å². The summed E-state index contributed by atoms with van der Waals surface area (Å²) in [6.07, 6.45) is 5.19. The average molecular weight is 412 g/mol. The van der Waals surface area contributed by atoms with Crippen molar-refractivity contribution in [2.75, 3.05) is 5.32 Å². The first-order valence-electron chi connectivity index (χ1n) is 10.2. The maximum atomic E-state index is 11.5. The first-order chi connectivity index (χ1) is 13.9. The summed E-state index contributed by atoms with van der Waals surface area (Å²) in [5.41, 5.74) is 11.5. The second kappa shape index (κ2) is 7.67. The fraction of sp³-hybridized carbons (Fsp3) is 0.409. The molecule has 1 aliphatic rings. The molecule has 3 N–H and O–H groups in total. The molecule has 0 saturated heterocycles. The van der Waals surface area contributed by atoms with Gasteiger partial charge in [-0.1, -0.05) is 31.5 Å². The van der Waals surface area contributed by atoms with Gasteiger partial charge in [0.15, 0.2) is 5.65 Å². The molecule has 2 heterocycles. The number of nitrogens with one attached hydrogen (secondary N) is 1. The first-order valence-corrected chi connectivity index (χ1v) is 10.6. The number of rotatable bonds is 6. The van der Waals surface area contributed by atoms with E-state index in [1.165, 1.54) is 5.56 Å². The number of primary amides is 1. The van der Waals surface area contributed by atoms with Gasteiger partial charge in [-0.05, 0) is 51.2 Å². The van der Waals surface area contributed by atoms with Crippen LogP contribution in [0.3, 0.4) is 0 Å². The number of carbonyl (C=O) groups is 1. The first kappa shape index (κ1) is 19.7. The maximum absolute atomic E-state index is 11.5. The number of benzene rings is 1. The van der Waals surface area contributed by atoms with Crippen LogP contribution in [0.15, 0.2) is 18.2 Å². The van der Waals surface area contributed by atoms with E-state index in [2.05, 4.69) is 19.2 Å². The standard InChI is InChI=1S/C22H26ClN5O/c1-4-14(5-2)25-21-16-7-6-8-18(16)26-22-19(12(3)27-28(21)22)15-10-9-13(20(24)29)11-17(15)23/h9-11,14,25H,4-8H2,1-3H3,(H2,24,29). The molecule has 1 aliphatic carbocycles. The SMILES string of the molecule is CCC(CC)Nc1c2c(nc3c(-c4ccc(C(N)=O)cc4Cl)c(C)nn13)CCC2. The molecule has 0 atom stereocenters. The number of fused-ring (bicyclic) bond motifs is 2. The van der Waals surface area contributed by atoms with Crippen molar-refractivity contribution in [1.82, 2.24) is 14.6 Å². The minimum absolute atomic E-state index is 0.386. The van der Waals surface area contributed by atoms with Crippen LogP contribution in [0.1, 0.15) is 60.4 Å². The third-order valence-electron chi connectivity index (χ3n) is 5.81. The molecule has 6 nitrogen and oxygen atoms in total. The van der Waals surface area contributed by atoms with Crippen LogP contribution in [-0.2, 0) is 12.8 Å². The summed E-state index contributed by atoms with van der Waals surface area (Å²) < 4.78 is 1.94. The lowest BCUT2D eigenvalue weighted by molar-refractivity contribution is 0.100. The molecule has 0 radical (unpaired) electrons. The highest BCUT2D eigenvalue weighted by Gasteiger charge is 2.25. The molecule has 0 aliphatic heterocycles. The number of halogens is 1. The number of hydrogen-bond acceptors (Lipinski definition) is 4. The summed E-state index contributed by atoms with van der Waals surface area (Å²) in [6.45, 7) is 6.35. The molecule has 7 heteroatoms. The van der Waals surface area contributed by atoms with Crippen molar-refractivity contribution >= 4 is 29.0 Å². The van der Waals surface area contributed by atoms with Crippen molar-refractivity contribution in [2.24, 2.45) is 5.73 Å². The third-order valence-corrected chi connectivity index (χ3v) is 6.13. The monoisotopic (exact) mass is 411 g/mol. The second-order valence-corrected chi connectivity index (χ2v) is 8.06. The molecule has 29 heavy (non-hydrogen) atoms. The molecule has 152 valence electrons. The zero-order valence-electron chi connectivity index (χ0n) is 17.1. The molecular weight excluding hydrogens is 386 g/mol. The van der Waals surface area contributed by atoms with Crippen molar-refractivity contribution in [1.29, 1.82) is 0 Å². The Bertz CT molecular complexity index is 1100. The van der Waals surface area contributed by atoms with Gasteiger partial charge in [0, 0.05) is 33.4 Å². The summed E-state index contributed by atoms with van der Waals surface area (Å²) in [6, 6.07) is 5.52. The molecule has 2 aromatic heterocycles. The number of aromatic nitrogens is 3. The Morgan fingerprint density at radius 1 is 1.31 bits per heavy atom. The van der Waals surface area contributed by atoms with Crippen LogP contribution >= 0.6 is 11.6 Å². The Morgan fingerprint density at radius 3 is 2.72 bits per heavy atom. The van der Waals surface area contributed by atoms with Crippen molar-refractivity contribution in [3.05, 3.63) is 45.7 Å². The van der Waals surface area contributed by atoms with Gasteiger partial charge in [0.2, 0.25) is 5.91 Å². The van der Waals surface area contributed by atoms with Gasteiger partial charge in [0.1, 0.15) is 5.82 Å². The van der Waals surface area contributed by atoms with Gasteiger partial charge in [-0.25, -0.2) is 4.98 Å². The van der Waals surface area contributed by atoms with Gasteiger partial charge in [0.05, 0.1) is 11.3 Å². The number of aryl methyl sites for hydroxylation is 2. The van der Waals surface area contributed by atoms with Gasteiger partial charge in [-0.15, -0.1) is 0 Å². The fourth-order valence-corrected chi connectivity index (χ4v) is 4.43. The lowest BCUT2D eigenvalue weighted by Gasteiger charge is -2.19. The molecule has 0 spiro atoms. The Labute approximate surface area is 175 Å². The van der Waals surface area contributed by atoms with Gasteiger partial charge < -0.3 is 11.1 Å². The minimum Gasteiger partial charge on any atom is -0.367 e. The van der Waals surface area contributed by atoms with Gasteiger partial charge in [-0.3, -0.25) is 4.79 Å². The van der Waals surface area contributed by atoms with E-state index >= 15 is 0 Å². The van der Waals surface area contributed by atoms with Crippen LogP contribution in [0.2, 0.25) is 5.02 Å². The predicted molar refractivity (Wildman–Crippen MR) is 117 cm³/mol. The number of amides is 1. The Morgan fingerprint density at radius 2 is 2.07 bits per heavy atom. The van der Waals surface area contributed by atoms with E-state index in [4.69, 9.17) is 27.4 Å². The number of carbonyl (C=O) groups excluding carboxylic acids is 1. The van der Waals surface area contributed by atoms with Gasteiger partial charge in [-0.2, -0.15) is 9.61 Å². The van der Waals surface area contributed by atoms with Crippen LogP contribution in [0.25, 0.3) is 16.8 Å². The molecule has 3 aromatic rings. The smallest absolute Gasteiger partial charge is 0.248 e. The normalized spacial score (nSPS) is 13.3. The summed E-state index contributed by atoms with van der Waals surface area (Å²) in [7, 11) is 0. The zero-order valence-corrected chi connectivity index (χ0v) is 17.8. The molecule has 0 fully saturated rings. The van der Waals surface area contributed by atoms with Gasteiger partial charge in [0.25, 0.3) is 0 Å². The fourth-order valence-electron chi connectivity index (χ4n) is 4.16. The van der Waals surface area contributed by atoms with E-state index in [1.807, 2.05) is 17.5 Å². The van der Waals surface area contributed by atoms with Gasteiger partial charge >= 0.3 is 0 Å². The third kappa shape index (κ3) is 3.35. The van der Waals surface area contributed by atoms with E-state index in [9.17, 15) is 4.79 Å². The largest absolute Gasteiger partial charge is 0.367 e. The highest BCUT2D eigenvalue weighted by molar-refractivity contribution is 6.34. The predicted octanol–water partition coefficient (Wildman–Crippen LogP) is 4.55. The highest BCUT2D eigenvalue weighted by atomic mass is 35.5. The van der Waals surface area contributed by atoms with Crippen LogP contribution in [0, 0.1) is 6.92 Å². The zero-order chi connectivity index (χ0) is 20.7. The summed E-state index contributed by atoms with van der Waals surface area (Å²) >= 11 is 6.54. The number of anilines is 1. The molecule has 0 unspecified atom stereocenters. The van der Waals surface area contributed by atoms with E-state index in [1.54, 1.807) is 12.1 Å². The lowest BCUT2D eigenvalue weighted by atomic mass is 10.0. The molecule has 0 bridgehead atoms. The Balaban J connectivity index is 1.94. The van der Waals surface area contributed by atoms with Crippen molar-refractivity contribution in [2.45, 2.75) is 58.9 Å². The molecular formula is C22H26ClN5O. The minimum atomic E-state index is -0.498. The van der Waals surface area contributed by atoms with Crippen LogP contribution in [0.4, 0.5) is 5.82 Å². The molecule has 0 saturated carbocycles. The highest BCUT2D eigenvalue weighted by Crippen LogP contribution is 2.37.